The molecular weight excluding hydrogens is 234 g/mol. The van der Waals surface area contributed by atoms with Crippen molar-refractivity contribution in [2.24, 2.45) is 17.8 Å². The van der Waals surface area contributed by atoms with Crippen LogP contribution in [0.25, 0.3) is 0 Å². The van der Waals surface area contributed by atoms with E-state index in [2.05, 4.69) is 18.9 Å². The molecule has 2 saturated carbocycles. The summed E-state index contributed by atoms with van der Waals surface area (Å²) in [6, 6.07) is 0. The molecule has 0 saturated heterocycles. The van der Waals surface area contributed by atoms with Crippen molar-refractivity contribution in [3.8, 4) is 0 Å². The van der Waals surface area contributed by atoms with E-state index in [1.54, 1.807) is 0 Å². The van der Waals surface area contributed by atoms with E-state index in [-0.39, 0.29) is 0 Å². The molecule has 0 aromatic heterocycles. The van der Waals surface area contributed by atoms with Crippen LogP contribution in [0.3, 0.4) is 0 Å². The van der Waals surface area contributed by atoms with Crippen molar-refractivity contribution in [3.63, 3.8) is 0 Å². The standard InChI is InChI=1S/C17H31NO/c1-3-6-14-9-10-17(19)16(11-14)13-18(2)12-15-7-4-5-8-15/h14-16H,3-13H2,1-2H3. The van der Waals surface area contributed by atoms with Crippen molar-refractivity contribution >= 4 is 5.78 Å². The maximum Gasteiger partial charge on any atom is 0.137 e. The van der Waals surface area contributed by atoms with Gasteiger partial charge in [0.15, 0.2) is 0 Å². The van der Waals surface area contributed by atoms with Crippen LogP contribution in [-0.2, 0) is 4.79 Å². The molecule has 0 aliphatic heterocycles. The number of ketones is 1. The molecule has 2 aliphatic carbocycles. The van der Waals surface area contributed by atoms with Gasteiger partial charge in [0.25, 0.3) is 0 Å². The Labute approximate surface area is 118 Å². The number of hydrogen-bond acceptors (Lipinski definition) is 2. The van der Waals surface area contributed by atoms with Gasteiger partial charge >= 0.3 is 0 Å². The molecule has 0 radical (unpaired) electrons. The monoisotopic (exact) mass is 265 g/mol. The zero-order valence-electron chi connectivity index (χ0n) is 12.9. The molecule has 2 nitrogen and oxygen atoms in total. The summed E-state index contributed by atoms with van der Waals surface area (Å²) >= 11 is 0. The van der Waals surface area contributed by atoms with E-state index < -0.39 is 0 Å². The predicted molar refractivity (Wildman–Crippen MR) is 80.2 cm³/mol. The van der Waals surface area contributed by atoms with E-state index in [1.807, 2.05) is 0 Å². The highest BCUT2D eigenvalue weighted by molar-refractivity contribution is 5.81. The highest BCUT2D eigenvalue weighted by Gasteiger charge is 2.29. The first-order valence-electron chi connectivity index (χ1n) is 8.40. The number of nitrogens with zero attached hydrogens (tertiary/aromatic N) is 1. The molecule has 2 aliphatic rings. The third kappa shape index (κ3) is 4.59. The molecule has 0 aromatic rings. The summed E-state index contributed by atoms with van der Waals surface area (Å²) in [4.78, 5) is 14.5. The van der Waals surface area contributed by atoms with E-state index in [0.717, 1.165) is 37.6 Å². The summed E-state index contributed by atoms with van der Waals surface area (Å²) in [7, 11) is 2.22. The molecular formula is C17H31NO. The number of Topliss-reactive ketones (excluding diaryl/α,β-unsaturated/α-hetero) is 1. The largest absolute Gasteiger partial charge is 0.305 e. The SMILES string of the molecule is CCCC1CCC(=O)C(CN(C)CC2CCCC2)C1. The van der Waals surface area contributed by atoms with Crippen LogP contribution in [0.4, 0.5) is 0 Å². The van der Waals surface area contributed by atoms with Gasteiger partial charge in [-0.3, -0.25) is 4.79 Å². The topological polar surface area (TPSA) is 20.3 Å². The van der Waals surface area contributed by atoms with Gasteiger partial charge in [0.2, 0.25) is 0 Å². The van der Waals surface area contributed by atoms with E-state index in [9.17, 15) is 4.79 Å². The first-order valence-corrected chi connectivity index (χ1v) is 8.40. The maximum absolute atomic E-state index is 12.1. The van der Waals surface area contributed by atoms with Gasteiger partial charge in [-0.05, 0) is 44.6 Å². The fourth-order valence-corrected chi connectivity index (χ4v) is 4.13. The lowest BCUT2D eigenvalue weighted by Gasteiger charge is -2.31. The van der Waals surface area contributed by atoms with E-state index >= 15 is 0 Å². The quantitative estimate of drug-likeness (QED) is 0.726. The smallest absolute Gasteiger partial charge is 0.137 e. The lowest BCUT2D eigenvalue weighted by Crippen LogP contribution is -2.36. The van der Waals surface area contributed by atoms with Gasteiger partial charge in [0.05, 0.1) is 0 Å². The van der Waals surface area contributed by atoms with Crippen LogP contribution in [0, 0.1) is 17.8 Å². The Morgan fingerprint density at radius 3 is 2.53 bits per heavy atom. The minimum absolute atomic E-state index is 0.330. The second-order valence-electron chi connectivity index (χ2n) is 6.96. The van der Waals surface area contributed by atoms with Crippen LogP contribution in [-0.4, -0.2) is 30.8 Å². The summed E-state index contributed by atoms with van der Waals surface area (Å²) in [5.41, 5.74) is 0. The highest BCUT2D eigenvalue weighted by Crippen LogP contribution is 2.31. The fraction of sp³-hybridized carbons (Fsp3) is 0.941. The van der Waals surface area contributed by atoms with Gasteiger partial charge in [-0.25, -0.2) is 0 Å². The maximum atomic E-state index is 12.1. The summed E-state index contributed by atoms with van der Waals surface area (Å²) in [6.07, 6.45) is 11.4. The molecule has 0 bridgehead atoms. The lowest BCUT2D eigenvalue weighted by molar-refractivity contribution is -0.126. The molecule has 0 spiro atoms. The van der Waals surface area contributed by atoms with Crippen molar-refractivity contribution in [3.05, 3.63) is 0 Å². The molecule has 0 heterocycles. The average molecular weight is 265 g/mol. The van der Waals surface area contributed by atoms with Gasteiger partial charge in [0, 0.05) is 25.4 Å². The highest BCUT2D eigenvalue weighted by atomic mass is 16.1. The van der Waals surface area contributed by atoms with Crippen molar-refractivity contribution < 1.29 is 4.79 Å². The van der Waals surface area contributed by atoms with Crippen molar-refractivity contribution in [1.82, 2.24) is 4.90 Å². The molecule has 19 heavy (non-hydrogen) atoms. The van der Waals surface area contributed by atoms with E-state index in [1.165, 1.54) is 45.1 Å². The number of rotatable bonds is 6. The molecule has 0 amide bonds. The van der Waals surface area contributed by atoms with Gasteiger partial charge in [0.1, 0.15) is 5.78 Å². The summed E-state index contributed by atoms with van der Waals surface area (Å²) in [6.45, 7) is 4.48. The molecule has 2 atom stereocenters. The van der Waals surface area contributed by atoms with Gasteiger partial charge in [-0.1, -0.05) is 32.6 Å². The van der Waals surface area contributed by atoms with E-state index in [4.69, 9.17) is 0 Å². The molecule has 0 N–H and O–H groups in total. The lowest BCUT2D eigenvalue weighted by atomic mass is 9.78. The Kier molecular flexibility index (Phi) is 5.87. The van der Waals surface area contributed by atoms with Crippen molar-refractivity contribution in [2.75, 3.05) is 20.1 Å². The number of carbonyl (C=O) groups excluding carboxylic acids is 1. The summed E-state index contributed by atoms with van der Waals surface area (Å²) < 4.78 is 0. The molecule has 2 rings (SSSR count). The van der Waals surface area contributed by atoms with Gasteiger partial charge in [-0.2, -0.15) is 0 Å². The number of hydrogen-bond donors (Lipinski definition) is 0. The summed E-state index contributed by atoms with van der Waals surface area (Å²) in [5.74, 6) is 2.57. The van der Waals surface area contributed by atoms with Crippen LogP contribution in [0.1, 0.15) is 64.7 Å². The summed E-state index contributed by atoms with van der Waals surface area (Å²) in [5, 5.41) is 0. The Hall–Kier alpha value is -0.370. The Morgan fingerprint density at radius 1 is 1.11 bits per heavy atom. The van der Waals surface area contributed by atoms with E-state index in [0.29, 0.717) is 11.7 Å². The Bertz CT molecular complexity index is 283. The minimum atomic E-state index is 0.330. The molecule has 2 fully saturated rings. The number of carbonyl (C=O) groups is 1. The Morgan fingerprint density at radius 2 is 1.84 bits per heavy atom. The first kappa shape index (κ1) is 15.0. The second-order valence-corrected chi connectivity index (χ2v) is 6.96. The minimum Gasteiger partial charge on any atom is -0.305 e. The third-order valence-electron chi connectivity index (χ3n) is 5.15. The van der Waals surface area contributed by atoms with Crippen LogP contribution in [0.2, 0.25) is 0 Å². The molecule has 2 unspecified atom stereocenters. The van der Waals surface area contributed by atoms with Crippen LogP contribution < -0.4 is 0 Å². The van der Waals surface area contributed by atoms with Gasteiger partial charge in [-0.15, -0.1) is 0 Å². The normalized spacial score (nSPS) is 29.3. The van der Waals surface area contributed by atoms with Crippen molar-refractivity contribution in [2.45, 2.75) is 64.7 Å². The Balaban J connectivity index is 1.76. The third-order valence-corrected chi connectivity index (χ3v) is 5.15. The first-order chi connectivity index (χ1) is 9.19. The average Bonchev–Trinajstić information content (AvgIpc) is 2.86. The van der Waals surface area contributed by atoms with Crippen LogP contribution >= 0.6 is 0 Å². The second kappa shape index (κ2) is 7.42. The predicted octanol–water partition coefficient (Wildman–Crippen LogP) is 3.89. The molecule has 110 valence electrons. The zero-order valence-corrected chi connectivity index (χ0v) is 12.9. The fourth-order valence-electron chi connectivity index (χ4n) is 4.13. The molecule has 0 aromatic carbocycles. The van der Waals surface area contributed by atoms with Crippen LogP contribution in [0.5, 0.6) is 0 Å². The zero-order chi connectivity index (χ0) is 13.7. The molecule has 2 heteroatoms. The van der Waals surface area contributed by atoms with Crippen LogP contribution in [0.15, 0.2) is 0 Å². The van der Waals surface area contributed by atoms with Gasteiger partial charge < -0.3 is 4.90 Å². The van der Waals surface area contributed by atoms with Crippen molar-refractivity contribution in [1.29, 1.82) is 0 Å².